The van der Waals surface area contributed by atoms with Gasteiger partial charge in [-0.2, -0.15) is 0 Å². The molecule has 2 nitrogen and oxygen atoms in total. The van der Waals surface area contributed by atoms with Crippen LogP contribution in [0.15, 0.2) is 18.2 Å². The molecule has 0 spiro atoms. The zero-order valence-corrected chi connectivity index (χ0v) is 14.7. The van der Waals surface area contributed by atoms with E-state index in [0.29, 0.717) is 6.04 Å². The fourth-order valence-corrected chi connectivity index (χ4v) is 3.39. The molecular formula is C19H32N2. The van der Waals surface area contributed by atoms with Gasteiger partial charge in [0.25, 0.3) is 0 Å². The van der Waals surface area contributed by atoms with Crippen molar-refractivity contribution >= 4 is 0 Å². The van der Waals surface area contributed by atoms with Gasteiger partial charge >= 0.3 is 0 Å². The van der Waals surface area contributed by atoms with E-state index in [2.05, 4.69) is 70.0 Å². The molecule has 2 heteroatoms. The Kier molecular flexibility index (Phi) is 5.11. The van der Waals surface area contributed by atoms with Gasteiger partial charge in [-0.05, 0) is 44.7 Å². The van der Waals surface area contributed by atoms with Crippen molar-refractivity contribution in [3.63, 3.8) is 0 Å². The fraction of sp³-hybridized carbons (Fsp3) is 0.684. The maximum absolute atomic E-state index is 3.72. The molecule has 118 valence electrons. The van der Waals surface area contributed by atoms with E-state index < -0.39 is 0 Å². The molecule has 1 saturated heterocycles. The van der Waals surface area contributed by atoms with Crippen molar-refractivity contribution in [2.24, 2.45) is 5.92 Å². The first-order chi connectivity index (χ1) is 9.82. The molecule has 1 N–H and O–H groups in total. The molecule has 0 radical (unpaired) electrons. The highest BCUT2D eigenvalue weighted by Gasteiger charge is 2.34. The van der Waals surface area contributed by atoms with Gasteiger partial charge in [-0.15, -0.1) is 0 Å². The predicted octanol–water partition coefficient (Wildman–Crippen LogP) is 3.90. The maximum Gasteiger partial charge on any atom is 0.0253 e. The standard InChI is InChI=1S/C19H32N2/c1-7-15(3)18-11-20-19(5,6)13-21(18)12-17-10-14(2)8-9-16(17)4/h8-10,15,18,20H,7,11-13H2,1-6H3. The first-order valence-corrected chi connectivity index (χ1v) is 8.37. The molecule has 0 aliphatic carbocycles. The average molecular weight is 288 g/mol. The van der Waals surface area contributed by atoms with Crippen LogP contribution in [0.1, 0.15) is 50.8 Å². The second-order valence-electron chi connectivity index (χ2n) is 7.55. The van der Waals surface area contributed by atoms with E-state index in [9.17, 15) is 0 Å². The number of nitrogens with zero attached hydrogens (tertiary/aromatic N) is 1. The van der Waals surface area contributed by atoms with E-state index in [4.69, 9.17) is 0 Å². The van der Waals surface area contributed by atoms with Crippen LogP contribution in [0, 0.1) is 19.8 Å². The summed E-state index contributed by atoms with van der Waals surface area (Å²) in [7, 11) is 0. The third-order valence-corrected chi connectivity index (χ3v) is 5.04. The van der Waals surface area contributed by atoms with Crippen LogP contribution in [0.5, 0.6) is 0 Å². The summed E-state index contributed by atoms with van der Waals surface area (Å²) in [6.45, 7) is 17.1. The average Bonchev–Trinajstić information content (AvgIpc) is 2.41. The normalized spacial score (nSPS) is 24.0. The quantitative estimate of drug-likeness (QED) is 0.904. The minimum Gasteiger partial charge on any atom is -0.309 e. The second-order valence-corrected chi connectivity index (χ2v) is 7.55. The Hall–Kier alpha value is -0.860. The number of benzene rings is 1. The van der Waals surface area contributed by atoms with Crippen molar-refractivity contribution in [3.05, 3.63) is 34.9 Å². The summed E-state index contributed by atoms with van der Waals surface area (Å²) in [4.78, 5) is 2.70. The number of rotatable bonds is 4. The van der Waals surface area contributed by atoms with Crippen LogP contribution in [-0.4, -0.2) is 29.6 Å². The lowest BCUT2D eigenvalue weighted by atomic mass is 9.90. The lowest BCUT2D eigenvalue weighted by Crippen LogP contribution is -2.62. The van der Waals surface area contributed by atoms with Gasteiger partial charge < -0.3 is 5.32 Å². The number of piperazine rings is 1. The fourth-order valence-electron chi connectivity index (χ4n) is 3.39. The van der Waals surface area contributed by atoms with Gasteiger partial charge in [0.15, 0.2) is 0 Å². The van der Waals surface area contributed by atoms with Crippen molar-refractivity contribution in [2.75, 3.05) is 13.1 Å². The molecule has 1 aromatic rings. The van der Waals surface area contributed by atoms with Gasteiger partial charge in [-0.1, -0.05) is 44.0 Å². The third kappa shape index (κ3) is 4.08. The van der Waals surface area contributed by atoms with Crippen LogP contribution < -0.4 is 5.32 Å². The molecular weight excluding hydrogens is 256 g/mol. The highest BCUT2D eigenvalue weighted by Crippen LogP contribution is 2.25. The molecule has 1 aliphatic heterocycles. The van der Waals surface area contributed by atoms with E-state index in [0.717, 1.165) is 25.6 Å². The molecule has 1 fully saturated rings. The first-order valence-electron chi connectivity index (χ1n) is 8.37. The monoisotopic (exact) mass is 288 g/mol. The highest BCUT2D eigenvalue weighted by molar-refractivity contribution is 5.30. The number of hydrogen-bond donors (Lipinski definition) is 1. The van der Waals surface area contributed by atoms with Crippen LogP contribution in [0.2, 0.25) is 0 Å². The van der Waals surface area contributed by atoms with E-state index in [1.165, 1.54) is 23.1 Å². The topological polar surface area (TPSA) is 15.3 Å². The molecule has 2 atom stereocenters. The van der Waals surface area contributed by atoms with Crippen molar-refractivity contribution in [1.29, 1.82) is 0 Å². The summed E-state index contributed by atoms with van der Waals surface area (Å²) >= 11 is 0. The Morgan fingerprint density at radius 2 is 2.05 bits per heavy atom. The second kappa shape index (κ2) is 6.50. The Bertz CT molecular complexity index is 478. The third-order valence-electron chi connectivity index (χ3n) is 5.04. The Labute approximate surface area is 130 Å². The minimum atomic E-state index is 0.210. The number of nitrogens with one attached hydrogen (secondary N) is 1. The van der Waals surface area contributed by atoms with Gasteiger partial charge in [0.05, 0.1) is 0 Å². The summed E-state index contributed by atoms with van der Waals surface area (Å²) in [5, 5.41) is 3.72. The molecule has 0 amide bonds. The summed E-state index contributed by atoms with van der Waals surface area (Å²) in [5.74, 6) is 0.735. The zero-order chi connectivity index (χ0) is 15.6. The molecule has 0 aromatic heterocycles. The van der Waals surface area contributed by atoms with Gasteiger partial charge in [0.1, 0.15) is 0 Å². The number of hydrogen-bond acceptors (Lipinski definition) is 2. The molecule has 0 bridgehead atoms. The smallest absolute Gasteiger partial charge is 0.0253 e. The number of aryl methyl sites for hydroxylation is 2. The molecule has 1 aromatic carbocycles. The molecule has 21 heavy (non-hydrogen) atoms. The van der Waals surface area contributed by atoms with Crippen molar-refractivity contribution in [2.45, 2.75) is 66.1 Å². The lowest BCUT2D eigenvalue weighted by molar-refractivity contribution is 0.0570. The van der Waals surface area contributed by atoms with Crippen LogP contribution >= 0.6 is 0 Å². The van der Waals surface area contributed by atoms with E-state index in [1.54, 1.807) is 0 Å². The first kappa shape index (κ1) is 16.5. The Balaban J connectivity index is 2.21. The van der Waals surface area contributed by atoms with Gasteiger partial charge in [-0.3, -0.25) is 4.90 Å². The summed E-state index contributed by atoms with van der Waals surface area (Å²) < 4.78 is 0. The highest BCUT2D eigenvalue weighted by atomic mass is 15.2. The summed E-state index contributed by atoms with van der Waals surface area (Å²) in [6.07, 6.45) is 1.25. The largest absolute Gasteiger partial charge is 0.309 e. The molecule has 2 rings (SSSR count). The predicted molar refractivity (Wildman–Crippen MR) is 91.7 cm³/mol. The molecule has 1 heterocycles. The van der Waals surface area contributed by atoms with Crippen molar-refractivity contribution < 1.29 is 0 Å². The van der Waals surface area contributed by atoms with Gasteiger partial charge in [-0.25, -0.2) is 0 Å². The van der Waals surface area contributed by atoms with Crippen LogP contribution in [0.3, 0.4) is 0 Å². The van der Waals surface area contributed by atoms with Gasteiger partial charge in [0.2, 0.25) is 0 Å². The van der Waals surface area contributed by atoms with Crippen LogP contribution in [-0.2, 0) is 6.54 Å². The van der Waals surface area contributed by atoms with Gasteiger partial charge in [0, 0.05) is 31.2 Å². The zero-order valence-electron chi connectivity index (χ0n) is 14.7. The van der Waals surface area contributed by atoms with E-state index in [-0.39, 0.29) is 5.54 Å². The molecule has 1 aliphatic rings. The van der Waals surface area contributed by atoms with E-state index in [1.807, 2.05) is 0 Å². The molecule has 2 unspecified atom stereocenters. The van der Waals surface area contributed by atoms with Crippen molar-refractivity contribution in [1.82, 2.24) is 10.2 Å². The minimum absolute atomic E-state index is 0.210. The molecule has 0 saturated carbocycles. The SMILES string of the molecule is CCC(C)C1CNC(C)(C)CN1Cc1cc(C)ccc1C. The van der Waals surface area contributed by atoms with Crippen molar-refractivity contribution in [3.8, 4) is 0 Å². The summed E-state index contributed by atoms with van der Waals surface area (Å²) in [6, 6.07) is 7.48. The van der Waals surface area contributed by atoms with Crippen LogP contribution in [0.4, 0.5) is 0 Å². The van der Waals surface area contributed by atoms with E-state index >= 15 is 0 Å². The maximum atomic E-state index is 3.72. The Morgan fingerprint density at radius 1 is 1.33 bits per heavy atom. The Morgan fingerprint density at radius 3 is 2.71 bits per heavy atom. The summed E-state index contributed by atoms with van der Waals surface area (Å²) in [5.41, 5.74) is 4.48. The van der Waals surface area contributed by atoms with Crippen LogP contribution in [0.25, 0.3) is 0 Å². The lowest BCUT2D eigenvalue weighted by Gasteiger charge is -2.47.